The van der Waals surface area contributed by atoms with E-state index < -0.39 is 12.6 Å². The van der Waals surface area contributed by atoms with Crippen molar-refractivity contribution in [3.05, 3.63) is 0 Å². The summed E-state index contributed by atoms with van der Waals surface area (Å²) in [7, 11) is 0. The molecule has 0 rings (SSSR count). The molecule has 0 spiro atoms. The SMILES string of the molecule is CC(C)C(CN)CNCCCC(F)(F)F. The van der Waals surface area contributed by atoms with Crippen molar-refractivity contribution in [2.24, 2.45) is 17.6 Å². The average Bonchev–Trinajstić information content (AvgIpc) is 2.08. The molecule has 15 heavy (non-hydrogen) atoms. The molecule has 0 aromatic carbocycles. The van der Waals surface area contributed by atoms with E-state index in [1.807, 2.05) is 0 Å². The molecule has 2 nitrogen and oxygen atoms in total. The summed E-state index contributed by atoms with van der Waals surface area (Å²) in [4.78, 5) is 0. The largest absolute Gasteiger partial charge is 0.389 e. The molecule has 0 fully saturated rings. The van der Waals surface area contributed by atoms with E-state index in [2.05, 4.69) is 19.2 Å². The van der Waals surface area contributed by atoms with Crippen LogP contribution in [0.1, 0.15) is 26.7 Å². The molecule has 3 N–H and O–H groups in total. The van der Waals surface area contributed by atoms with Crippen molar-refractivity contribution in [3.8, 4) is 0 Å². The molecule has 0 radical (unpaired) electrons. The number of alkyl halides is 3. The molecule has 0 aromatic rings. The van der Waals surface area contributed by atoms with Gasteiger partial charge in [0.05, 0.1) is 0 Å². The molecule has 0 saturated carbocycles. The summed E-state index contributed by atoms with van der Waals surface area (Å²) in [5.74, 6) is 0.806. The zero-order valence-electron chi connectivity index (χ0n) is 9.40. The maximum atomic E-state index is 11.8. The monoisotopic (exact) mass is 226 g/mol. The molecule has 0 saturated heterocycles. The van der Waals surface area contributed by atoms with Gasteiger partial charge in [0.25, 0.3) is 0 Å². The van der Waals surface area contributed by atoms with Gasteiger partial charge in [0.15, 0.2) is 0 Å². The molecule has 0 heterocycles. The van der Waals surface area contributed by atoms with Gasteiger partial charge in [-0.25, -0.2) is 0 Å². The first kappa shape index (κ1) is 14.7. The highest BCUT2D eigenvalue weighted by molar-refractivity contribution is 4.66. The average molecular weight is 226 g/mol. The van der Waals surface area contributed by atoms with Crippen LogP contribution in [-0.2, 0) is 0 Å². The van der Waals surface area contributed by atoms with Crippen LogP contribution in [0.2, 0.25) is 0 Å². The van der Waals surface area contributed by atoms with Crippen molar-refractivity contribution in [1.82, 2.24) is 5.32 Å². The summed E-state index contributed by atoms with van der Waals surface area (Å²) in [5, 5.41) is 3.01. The van der Waals surface area contributed by atoms with Crippen LogP contribution in [-0.4, -0.2) is 25.8 Å². The van der Waals surface area contributed by atoms with Crippen LogP contribution in [0.25, 0.3) is 0 Å². The van der Waals surface area contributed by atoms with Crippen LogP contribution >= 0.6 is 0 Å². The molecular weight excluding hydrogens is 205 g/mol. The van der Waals surface area contributed by atoms with E-state index in [0.717, 1.165) is 0 Å². The van der Waals surface area contributed by atoms with E-state index in [1.54, 1.807) is 0 Å². The topological polar surface area (TPSA) is 38.0 Å². The number of halogens is 3. The Morgan fingerprint density at radius 1 is 1.27 bits per heavy atom. The predicted molar refractivity (Wildman–Crippen MR) is 55.5 cm³/mol. The first-order chi connectivity index (χ1) is 6.87. The molecule has 92 valence electrons. The maximum absolute atomic E-state index is 11.8. The Kier molecular flexibility index (Phi) is 6.92. The Morgan fingerprint density at radius 3 is 2.27 bits per heavy atom. The molecule has 5 heteroatoms. The highest BCUT2D eigenvalue weighted by Gasteiger charge is 2.25. The van der Waals surface area contributed by atoms with E-state index in [1.165, 1.54) is 0 Å². The molecule has 0 aliphatic rings. The lowest BCUT2D eigenvalue weighted by atomic mass is 9.96. The van der Waals surface area contributed by atoms with Crippen molar-refractivity contribution in [2.45, 2.75) is 32.9 Å². The second-order valence-electron chi connectivity index (χ2n) is 4.16. The van der Waals surface area contributed by atoms with E-state index in [9.17, 15) is 13.2 Å². The zero-order chi connectivity index (χ0) is 11.9. The molecule has 0 bridgehead atoms. The van der Waals surface area contributed by atoms with Gasteiger partial charge in [0.1, 0.15) is 0 Å². The minimum Gasteiger partial charge on any atom is -0.330 e. The van der Waals surface area contributed by atoms with E-state index in [0.29, 0.717) is 31.5 Å². The second kappa shape index (κ2) is 7.06. The van der Waals surface area contributed by atoms with Gasteiger partial charge in [-0.15, -0.1) is 0 Å². The fourth-order valence-corrected chi connectivity index (χ4v) is 1.29. The number of rotatable bonds is 7. The van der Waals surface area contributed by atoms with Gasteiger partial charge in [-0.1, -0.05) is 13.8 Å². The summed E-state index contributed by atoms with van der Waals surface area (Å²) in [6.45, 7) is 5.81. The summed E-state index contributed by atoms with van der Waals surface area (Å²) in [6, 6.07) is 0. The third-order valence-corrected chi connectivity index (χ3v) is 2.47. The Balaban J connectivity index is 3.45. The van der Waals surface area contributed by atoms with Crippen molar-refractivity contribution in [1.29, 1.82) is 0 Å². The van der Waals surface area contributed by atoms with Crippen molar-refractivity contribution in [3.63, 3.8) is 0 Å². The van der Waals surface area contributed by atoms with Crippen LogP contribution < -0.4 is 11.1 Å². The van der Waals surface area contributed by atoms with Gasteiger partial charge in [0, 0.05) is 6.42 Å². The molecular formula is C10H21F3N2. The molecule has 0 aliphatic heterocycles. The van der Waals surface area contributed by atoms with Gasteiger partial charge < -0.3 is 11.1 Å². The van der Waals surface area contributed by atoms with Gasteiger partial charge in [-0.05, 0) is 37.9 Å². The fraction of sp³-hybridized carbons (Fsp3) is 1.00. The van der Waals surface area contributed by atoms with E-state index >= 15 is 0 Å². The highest BCUT2D eigenvalue weighted by Crippen LogP contribution is 2.20. The van der Waals surface area contributed by atoms with Crippen LogP contribution in [0, 0.1) is 11.8 Å². The van der Waals surface area contributed by atoms with Gasteiger partial charge in [-0.2, -0.15) is 13.2 Å². The van der Waals surface area contributed by atoms with Crippen LogP contribution in [0.3, 0.4) is 0 Å². The minimum atomic E-state index is -4.03. The maximum Gasteiger partial charge on any atom is 0.389 e. The smallest absolute Gasteiger partial charge is 0.330 e. The predicted octanol–water partition coefficient (Wildman–Crippen LogP) is 2.15. The number of nitrogens with one attached hydrogen (secondary N) is 1. The normalized spacial score (nSPS) is 14.6. The van der Waals surface area contributed by atoms with Crippen molar-refractivity contribution in [2.75, 3.05) is 19.6 Å². The molecule has 1 atom stereocenters. The highest BCUT2D eigenvalue weighted by atomic mass is 19.4. The Bertz CT molecular complexity index is 157. The Labute approximate surface area is 89.4 Å². The standard InChI is InChI=1S/C10H21F3N2/c1-8(2)9(6-14)7-15-5-3-4-10(11,12)13/h8-9,15H,3-7,14H2,1-2H3. The zero-order valence-corrected chi connectivity index (χ0v) is 9.40. The third kappa shape index (κ3) is 8.69. The number of nitrogens with two attached hydrogens (primary N) is 1. The number of hydrogen-bond donors (Lipinski definition) is 2. The van der Waals surface area contributed by atoms with Gasteiger partial charge >= 0.3 is 6.18 Å². The van der Waals surface area contributed by atoms with Crippen LogP contribution in [0.4, 0.5) is 13.2 Å². The molecule has 1 unspecified atom stereocenters. The second-order valence-corrected chi connectivity index (χ2v) is 4.16. The quantitative estimate of drug-likeness (QED) is 0.653. The summed E-state index contributed by atoms with van der Waals surface area (Å²) in [5.41, 5.74) is 5.54. The lowest BCUT2D eigenvalue weighted by Gasteiger charge is -2.19. The molecule has 0 aromatic heterocycles. The third-order valence-electron chi connectivity index (χ3n) is 2.47. The molecule has 0 aliphatic carbocycles. The van der Waals surface area contributed by atoms with Crippen LogP contribution in [0.15, 0.2) is 0 Å². The molecule has 0 amide bonds. The number of hydrogen-bond acceptors (Lipinski definition) is 2. The summed E-state index contributed by atoms with van der Waals surface area (Å²) >= 11 is 0. The first-order valence-electron chi connectivity index (χ1n) is 5.34. The van der Waals surface area contributed by atoms with E-state index in [4.69, 9.17) is 5.73 Å². The first-order valence-corrected chi connectivity index (χ1v) is 5.34. The minimum absolute atomic E-state index is 0.138. The van der Waals surface area contributed by atoms with Crippen molar-refractivity contribution < 1.29 is 13.2 Å². The lowest BCUT2D eigenvalue weighted by molar-refractivity contribution is -0.135. The van der Waals surface area contributed by atoms with Gasteiger partial charge in [0.2, 0.25) is 0 Å². The van der Waals surface area contributed by atoms with E-state index in [-0.39, 0.29) is 6.42 Å². The Hall–Kier alpha value is -0.290. The lowest BCUT2D eigenvalue weighted by Crippen LogP contribution is -2.32. The summed E-state index contributed by atoms with van der Waals surface area (Å²) in [6.07, 6.45) is -4.61. The Morgan fingerprint density at radius 2 is 1.87 bits per heavy atom. The van der Waals surface area contributed by atoms with Crippen LogP contribution in [0.5, 0.6) is 0 Å². The van der Waals surface area contributed by atoms with Gasteiger partial charge in [-0.3, -0.25) is 0 Å². The fourth-order valence-electron chi connectivity index (χ4n) is 1.29. The summed E-state index contributed by atoms with van der Waals surface area (Å²) < 4.78 is 35.4. The van der Waals surface area contributed by atoms with Crippen molar-refractivity contribution >= 4 is 0 Å².